The van der Waals surface area contributed by atoms with Gasteiger partial charge in [0.1, 0.15) is 0 Å². The van der Waals surface area contributed by atoms with Crippen molar-refractivity contribution in [2.45, 2.75) is 51.0 Å². The molecule has 2 saturated heterocycles. The number of carbonyl (C=O) groups is 2. The van der Waals surface area contributed by atoms with Gasteiger partial charge in [-0.05, 0) is 38.6 Å². The van der Waals surface area contributed by atoms with Crippen molar-refractivity contribution < 1.29 is 9.59 Å². The van der Waals surface area contributed by atoms with E-state index in [9.17, 15) is 9.59 Å². The summed E-state index contributed by atoms with van der Waals surface area (Å²) in [6.45, 7) is 4.81. The Morgan fingerprint density at radius 3 is 2.58 bits per heavy atom. The molecule has 2 amide bonds. The average Bonchev–Trinajstić information content (AvgIpc) is 3.07. The number of nitrogens with one attached hydrogen (secondary N) is 2. The number of likely N-dealkylation sites (tertiary alicyclic amines) is 1. The van der Waals surface area contributed by atoms with Gasteiger partial charge in [0.2, 0.25) is 11.8 Å². The molecule has 1 unspecified atom stereocenters. The minimum atomic E-state index is -0.431. The average molecular weight is 267 g/mol. The van der Waals surface area contributed by atoms with Crippen LogP contribution in [0.25, 0.3) is 0 Å². The Labute approximate surface area is 115 Å². The summed E-state index contributed by atoms with van der Waals surface area (Å²) < 4.78 is 0. The van der Waals surface area contributed by atoms with E-state index >= 15 is 0 Å². The van der Waals surface area contributed by atoms with Crippen molar-refractivity contribution in [1.29, 1.82) is 0 Å². The Morgan fingerprint density at radius 1 is 1.26 bits per heavy atom. The minimum Gasteiger partial charge on any atom is -0.345 e. The van der Waals surface area contributed by atoms with Gasteiger partial charge in [-0.1, -0.05) is 13.3 Å². The molecule has 0 bridgehead atoms. The summed E-state index contributed by atoms with van der Waals surface area (Å²) in [5, 5.41) is 6.16. The van der Waals surface area contributed by atoms with E-state index in [4.69, 9.17) is 0 Å². The van der Waals surface area contributed by atoms with Crippen LogP contribution in [0.5, 0.6) is 0 Å². The Bertz CT molecular complexity index is 332. The van der Waals surface area contributed by atoms with Gasteiger partial charge < -0.3 is 15.5 Å². The lowest BCUT2D eigenvalue weighted by molar-refractivity contribution is -0.134. The maximum atomic E-state index is 12.3. The van der Waals surface area contributed by atoms with Crippen LogP contribution in [0.2, 0.25) is 0 Å². The number of carbonyl (C=O) groups excluding carboxylic acids is 2. The summed E-state index contributed by atoms with van der Waals surface area (Å²) in [6, 6.07) is 0. The van der Waals surface area contributed by atoms with E-state index in [0.29, 0.717) is 0 Å². The van der Waals surface area contributed by atoms with Crippen LogP contribution in [0.1, 0.15) is 45.4 Å². The van der Waals surface area contributed by atoms with E-state index in [1.54, 1.807) is 0 Å². The molecule has 0 aliphatic carbocycles. The van der Waals surface area contributed by atoms with Crippen molar-refractivity contribution >= 4 is 11.8 Å². The molecule has 0 spiro atoms. The third kappa shape index (κ3) is 3.26. The maximum absolute atomic E-state index is 12.3. The molecule has 0 radical (unpaired) electrons. The summed E-state index contributed by atoms with van der Waals surface area (Å²) in [4.78, 5) is 26.1. The molecular formula is C14H25N3O2. The number of amides is 2. The van der Waals surface area contributed by atoms with Crippen molar-refractivity contribution in [3.05, 3.63) is 0 Å². The van der Waals surface area contributed by atoms with Crippen LogP contribution in [-0.4, -0.2) is 48.4 Å². The second-order valence-corrected chi connectivity index (χ2v) is 5.63. The molecule has 2 aliphatic heterocycles. The van der Waals surface area contributed by atoms with Crippen molar-refractivity contribution in [3.8, 4) is 0 Å². The first-order chi connectivity index (χ1) is 9.18. The topological polar surface area (TPSA) is 61.4 Å². The Hall–Kier alpha value is -1.10. The first-order valence-corrected chi connectivity index (χ1v) is 7.49. The third-order valence-electron chi connectivity index (χ3n) is 4.21. The van der Waals surface area contributed by atoms with Crippen molar-refractivity contribution in [2.75, 3.05) is 26.2 Å². The quantitative estimate of drug-likeness (QED) is 0.769. The summed E-state index contributed by atoms with van der Waals surface area (Å²) in [5.74, 6) is 0.0508. The van der Waals surface area contributed by atoms with Crippen LogP contribution in [0.3, 0.4) is 0 Å². The Morgan fingerprint density at radius 2 is 2.00 bits per heavy atom. The van der Waals surface area contributed by atoms with Gasteiger partial charge in [0.25, 0.3) is 0 Å². The van der Waals surface area contributed by atoms with Gasteiger partial charge >= 0.3 is 0 Å². The highest BCUT2D eigenvalue weighted by Gasteiger charge is 2.39. The summed E-state index contributed by atoms with van der Waals surface area (Å²) in [5.41, 5.74) is -0.431. The lowest BCUT2D eigenvalue weighted by atomic mass is 9.91. The lowest BCUT2D eigenvalue weighted by Gasteiger charge is -2.28. The van der Waals surface area contributed by atoms with Crippen LogP contribution in [0.15, 0.2) is 0 Å². The highest BCUT2D eigenvalue weighted by atomic mass is 16.2. The Kier molecular flexibility index (Phi) is 4.80. The first kappa shape index (κ1) is 14.3. The zero-order valence-electron chi connectivity index (χ0n) is 11.8. The van der Waals surface area contributed by atoms with Crippen molar-refractivity contribution in [3.63, 3.8) is 0 Å². The third-order valence-corrected chi connectivity index (χ3v) is 4.21. The van der Waals surface area contributed by atoms with E-state index in [0.717, 1.165) is 58.2 Å². The van der Waals surface area contributed by atoms with Gasteiger partial charge in [-0.25, -0.2) is 0 Å². The molecule has 0 aromatic rings. The molecule has 0 saturated carbocycles. The molecule has 2 N–H and O–H groups in total. The van der Waals surface area contributed by atoms with Crippen LogP contribution in [-0.2, 0) is 9.59 Å². The molecule has 108 valence electrons. The van der Waals surface area contributed by atoms with Gasteiger partial charge in [-0.15, -0.1) is 0 Å². The monoisotopic (exact) mass is 267 g/mol. The molecule has 2 rings (SSSR count). The molecule has 5 nitrogen and oxygen atoms in total. The highest BCUT2D eigenvalue weighted by molar-refractivity contribution is 5.90. The molecule has 2 aliphatic rings. The number of nitrogens with zero attached hydrogens (tertiary/aromatic N) is 1. The number of hydrogen-bond donors (Lipinski definition) is 2. The van der Waals surface area contributed by atoms with Gasteiger partial charge in [-0.2, -0.15) is 0 Å². The zero-order valence-corrected chi connectivity index (χ0v) is 11.8. The second kappa shape index (κ2) is 6.37. The predicted octanol–water partition coefficient (Wildman–Crippen LogP) is 0.647. The van der Waals surface area contributed by atoms with E-state index < -0.39 is 5.54 Å². The summed E-state index contributed by atoms with van der Waals surface area (Å²) >= 11 is 0. The zero-order chi connectivity index (χ0) is 13.7. The minimum absolute atomic E-state index is 0.000558. The largest absolute Gasteiger partial charge is 0.345 e. The first-order valence-electron chi connectivity index (χ1n) is 7.49. The molecule has 5 heteroatoms. The van der Waals surface area contributed by atoms with E-state index in [-0.39, 0.29) is 18.4 Å². The molecule has 1 atom stereocenters. The second-order valence-electron chi connectivity index (χ2n) is 5.63. The number of hydrogen-bond acceptors (Lipinski definition) is 3. The molecule has 2 fully saturated rings. The fourth-order valence-corrected chi connectivity index (χ4v) is 3.16. The highest BCUT2D eigenvalue weighted by Crippen LogP contribution is 2.24. The molecular weight excluding hydrogens is 242 g/mol. The van der Waals surface area contributed by atoms with Gasteiger partial charge in [-0.3, -0.25) is 9.59 Å². The van der Waals surface area contributed by atoms with E-state index in [1.165, 1.54) is 0 Å². The fourth-order valence-electron chi connectivity index (χ4n) is 3.16. The molecule has 2 heterocycles. The smallest absolute Gasteiger partial charge is 0.241 e. The molecule has 0 aromatic heterocycles. The molecule has 19 heavy (non-hydrogen) atoms. The Balaban J connectivity index is 1.83. The maximum Gasteiger partial charge on any atom is 0.241 e. The standard InChI is InChI=1S/C14H25N3O2/c1-2-6-14(7-5-8-16-14)13(19)15-11-12(18)17-9-3-4-10-17/h16H,2-11H2,1H3,(H,15,19). The van der Waals surface area contributed by atoms with Crippen molar-refractivity contribution in [2.24, 2.45) is 0 Å². The lowest BCUT2D eigenvalue weighted by Crippen LogP contribution is -2.55. The molecule has 0 aromatic carbocycles. The fraction of sp³-hybridized carbons (Fsp3) is 0.857. The van der Waals surface area contributed by atoms with Gasteiger partial charge in [0.15, 0.2) is 0 Å². The van der Waals surface area contributed by atoms with Crippen molar-refractivity contribution in [1.82, 2.24) is 15.5 Å². The van der Waals surface area contributed by atoms with E-state index in [2.05, 4.69) is 17.6 Å². The van der Waals surface area contributed by atoms with E-state index in [1.807, 2.05) is 4.90 Å². The van der Waals surface area contributed by atoms with Gasteiger partial charge in [0.05, 0.1) is 12.1 Å². The van der Waals surface area contributed by atoms with Crippen LogP contribution < -0.4 is 10.6 Å². The predicted molar refractivity (Wildman–Crippen MR) is 73.7 cm³/mol. The summed E-state index contributed by atoms with van der Waals surface area (Å²) in [6.07, 6.45) is 5.90. The normalized spacial score (nSPS) is 26.7. The van der Waals surface area contributed by atoms with Crippen LogP contribution in [0.4, 0.5) is 0 Å². The number of rotatable bonds is 5. The SMILES string of the molecule is CCCC1(C(=O)NCC(=O)N2CCCC2)CCCN1. The summed E-state index contributed by atoms with van der Waals surface area (Å²) in [7, 11) is 0. The van der Waals surface area contributed by atoms with Crippen LogP contribution in [0, 0.1) is 0 Å². The van der Waals surface area contributed by atoms with Crippen LogP contribution >= 0.6 is 0 Å². The van der Waals surface area contributed by atoms with Gasteiger partial charge in [0, 0.05) is 13.1 Å².